The fourth-order valence-electron chi connectivity index (χ4n) is 3.83. The Morgan fingerprint density at radius 1 is 1.14 bits per heavy atom. The minimum atomic E-state index is -1.26. The van der Waals surface area contributed by atoms with E-state index in [1.165, 1.54) is 7.11 Å². The fraction of sp³-hybridized carbons (Fsp3) is 0.565. The summed E-state index contributed by atoms with van der Waals surface area (Å²) in [6.07, 6.45) is 6.47. The van der Waals surface area contributed by atoms with Gasteiger partial charge in [0.1, 0.15) is 11.6 Å². The number of likely N-dealkylation sites (tertiary alicyclic amines) is 1. The van der Waals surface area contributed by atoms with E-state index < -0.39 is 11.9 Å². The van der Waals surface area contributed by atoms with E-state index in [-0.39, 0.29) is 29.5 Å². The number of hydrogen-bond acceptors (Lipinski definition) is 10. The molecule has 14 heteroatoms. The first-order chi connectivity index (χ1) is 17.7. The number of H-pyrrole nitrogens is 1. The molecule has 0 amide bonds. The number of carboxylic acid groups (broad SMARTS) is 2. The first-order valence-electron chi connectivity index (χ1n) is 12.0. The van der Waals surface area contributed by atoms with Gasteiger partial charge in [0.05, 0.1) is 13.7 Å². The summed E-state index contributed by atoms with van der Waals surface area (Å²) < 4.78 is 12.0. The van der Waals surface area contributed by atoms with Crippen molar-refractivity contribution in [3.63, 3.8) is 0 Å². The number of nitrogens with two attached hydrogens (primary N) is 1. The zero-order valence-corrected chi connectivity index (χ0v) is 21.0. The Bertz CT molecular complexity index is 1140. The second-order valence-corrected chi connectivity index (χ2v) is 8.31. The van der Waals surface area contributed by atoms with Gasteiger partial charge in [-0.25, -0.2) is 14.4 Å². The maximum Gasteiger partial charge on any atom is 0.328 e. The number of ether oxygens (including phenoxy) is 2. The molecule has 5 N–H and O–H groups in total. The first-order valence-corrected chi connectivity index (χ1v) is 12.0. The Morgan fingerprint density at radius 3 is 2.43 bits per heavy atom. The third kappa shape index (κ3) is 8.90. The fourth-order valence-corrected chi connectivity index (χ4v) is 3.83. The van der Waals surface area contributed by atoms with Crippen molar-refractivity contribution in [2.24, 2.45) is 0 Å². The van der Waals surface area contributed by atoms with Gasteiger partial charge in [-0.15, -0.1) is 0 Å². The summed E-state index contributed by atoms with van der Waals surface area (Å²) in [7, 11) is 1.43. The van der Waals surface area contributed by atoms with E-state index in [1.807, 2.05) is 0 Å². The van der Waals surface area contributed by atoms with Gasteiger partial charge in [0, 0.05) is 18.7 Å². The van der Waals surface area contributed by atoms with Gasteiger partial charge in [0.2, 0.25) is 0 Å². The van der Waals surface area contributed by atoms with Crippen molar-refractivity contribution in [3.8, 4) is 6.01 Å². The number of rotatable bonds is 12. The van der Waals surface area contributed by atoms with E-state index in [4.69, 9.17) is 25.4 Å². The lowest BCUT2D eigenvalue weighted by atomic mass is 10.2. The number of carboxylic acids is 2. The molecule has 1 saturated heterocycles. The van der Waals surface area contributed by atoms with Crippen LogP contribution in [0, 0.1) is 0 Å². The Labute approximate surface area is 213 Å². The number of unbranched alkanes of at least 4 members (excludes halogenated alkanes) is 2. The van der Waals surface area contributed by atoms with Crippen LogP contribution in [-0.2, 0) is 25.7 Å². The number of nitrogens with zero attached hydrogens (tertiary/aromatic N) is 4. The normalized spacial score (nSPS) is 15.5. The molecule has 14 nitrogen and oxygen atoms in total. The van der Waals surface area contributed by atoms with E-state index in [0.717, 1.165) is 51.6 Å². The summed E-state index contributed by atoms with van der Waals surface area (Å²) >= 11 is 0. The van der Waals surface area contributed by atoms with Crippen LogP contribution in [0.4, 0.5) is 5.82 Å². The number of aromatic amines is 1. The van der Waals surface area contributed by atoms with Gasteiger partial charge in [0.15, 0.2) is 11.5 Å². The van der Waals surface area contributed by atoms with Gasteiger partial charge in [-0.3, -0.25) is 14.3 Å². The van der Waals surface area contributed by atoms with E-state index in [0.29, 0.717) is 36.5 Å². The highest BCUT2D eigenvalue weighted by molar-refractivity contribution is 5.89. The SMILES string of the molecule is CCCCOc1nc(N)c2[nH]c(=O)n(CCCCN3CCCC3C(=O)OC)c2n1.O=C(O)C=CC(=O)O. The molecule has 2 aromatic rings. The first kappa shape index (κ1) is 29.3. The minimum absolute atomic E-state index is 0.147. The molecule has 0 radical (unpaired) electrons. The number of esters is 1. The van der Waals surface area contributed by atoms with Crippen LogP contribution in [0.25, 0.3) is 11.2 Å². The lowest BCUT2D eigenvalue weighted by Gasteiger charge is -2.22. The molecule has 1 aliphatic rings. The van der Waals surface area contributed by atoms with Gasteiger partial charge < -0.3 is 30.4 Å². The third-order valence-electron chi connectivity index (χ3n) is 5.64. The predicted molar refractivity (Wildman–Crippen MR) is 133 cm³/mol. The Morgan fingerprint density at radius 2 is 1.81 bits per heavy atom. The lowest BCUT2D eigenvalue weighted by Crippen LogP contribution is -2.37. The van der Waals surface area contributed by atoms with Crippen LogP contribution in [0.5, 0.6) is 6.01 Å². The molecule has 3 rings (SSSR count). The molecule has 204 valence electrons. The number of methoxy groups -OCH3 is 1. The van der Waals surface area contributed by atoms with Crippen LogP contribution in [0.2, 0.25) is 0 Å². The van der Waals surface area contributed by atoms with Crippen molar-refractivity contribution in [2.75, 3.05) is 32.5 Å². The molecule has 0 aliphatic carbocycles. The largest absolute Gasteiger partial charge is 0.478 e. The Balaban J connectivity index is 0.000000521. The molecule has 1 aliphatic heterocycles. The Hall–Kier alpha value is -3.94. The van der Waals surface area contributed by atoms with E-state index in [9.17, 15) is 19.2 Å². The number of imidazole rings is 1. The molecule has 0 saturated carbocycles. The summed E-state index contributed by atoms with van der Waals surface area (Å²) in [5.41, 5.74) is 6.60. The summed E-state index contributed by atoms with van der Waals surface area (Å²) in [5, 5.41) is 15.6. The summed E-state index contributed by atoms with van der Waals surface area (Å²) in [4.78, 5) is 56.7. The van der Waals surface area contributed by atoms with Gasteiger partial charge in [0.25, 0.3) is 0 Å². The maximum atomic E-state index is 12.4. The number of nitrogen functional groups attached to an aromatic ring is 1. The zero-order chi connectivity index (χ0) is 27.4. The molecule has 0 aromatic carbocycles. The topological polar surface area (TPSA) is 203 Å². The average molecular weight is 523 g/mol. The van der Waals surface area contributed by atoms with Crippen molar-refractivity contribution in [1.82, 2.24) is 24.4 Å². The standard InChI is InChI=1S/C19H30N6O4.C4H4O4/c1-3-4-12-29-18-22-15(20)14-16(23-18)25(19(27)21-14)11-6-5-9-24-10-7-8-13(24)17(26)28-2;5-3(6)1-2-4(7)8/h13H,3-12H2,1-2H3,(H,21,27)(H2,20,22,23);1-2H,(H,5,6)(H,7,8). The second kappa shape index (κ2) is 14.6. The summed E-state index contributed by atoms with van der Waals surface area (Å²) in [5.74, 6) is -2.48. The molecule has 37 heavy (non-hydrogen) atoms. The molecule has 2 aromatic heterocycles. The van der Waals surface area contributed by atoms with Gasteiger partial charge in [-0.05, 0) is 45.2 Å². The number of aromatic nitrogens is 4. The van der Waals surface area contributed by atoms with E-state index in [2.05, 4.69) is 26.8 Å². The molecule has 1 unspecified atom stereocenters. The maximum absolute atomic E-state index is 12.4. The molecule has 1 atom stereocenters. The number of nitrogens with one attached hydrogen (secondary N) is 1. The molecule has 0 bridgehead atoms. The number of anilines is 1. The van der Waals surface area contributed by atoms with Crippen molar-refractivity contribution < 1.29 is 34.1 Å². The van der Waals surface area contributed by atoms with Crippen LogP contribution in [0.15, 0.2) is 16.9 Å². The summed E-state index contributed by atoms with van der Waals surface area (Å²) in [6, 6.07) is 0.0420. The van der Waals surface area contributed by atoms with Gasteiger partial charge >= 0.3 is 29.6 Å². The smallest absolute Gasteiger partial charge is 0.328 e. The number of carbonyl (C=O) groups excluding carboxylic acids is 1. The third-order valence-corrected chi connectivity index (χ3v) is 5.64. The molecule has 1 fully saturated rings. The minimum Gasteiger partial charge on any atom is -0.478 e. The number of fused-ring (bicyclic) bond motifs is 1. The monoisotopic (exact) mass is 522 g/mol. The van der Waals surface area contributed by atoms with E-state index in [1.54, 1.807) is 4.57 Å². The number of aliphatic carboxylic acids is 2. The Kier molecular flexibility index (Phi) is 11.5. The number of hydrogen-bond donors (Lipinski definition) is 4. The molecule has 0 spiro atoms. The molecular formula is C23H34N6O8. The van der Waals surface area contributed by atoms with Crippen molar-refractivity contribution in [1.29, 1.82) is 0 Å². The van der Waals surface area contributed by atoms with Crippen molar-refractivity contribution in [3.05, 3.63) is 22.6 Å². The van der Waals surface area contributed by atoms with Gasteiger partial charge in [-0.1, -0.05) is 13.3 Å². The quantitative estimate of drug-likeness (QED) is 0.175. The summed E-state index contributed by atoms with van der Waals surface area (Å²) in [6.45, 7) is 4.77. The predicted octanol–water partition coefficient (Wildman–Crippen LogP) is 1.01. The van der Waals surface area contributed by atoms with Crippen LogP contribution in [-0.4, -0.2) is 85.4 Å². The zero-order valence-electron chi connectivity index (χ0n) is 21.0. The van der Waals surface area contributed by atoms with Crippen molar-refractivity contribution >= 4 is 34.9 Å². The number of carbonyl (C=O) groups is 3. The van der Waals surface area contributed by atoms with Crippen LogP contribution in [0.3, 0.4) is 0 Å². The van der Waals surface area contributed by atoms with Crippen LogP contribution < -0.4 is 16.2 Å². The lowest BCUT2D eigenvalue weighted by molar-refractivity contribution is -0.145. The average Bonchev–Trinajstić information content (AvgIpc) is 3.45. The highest BCUT2D eigenvalue weighted by atomic mass is 16.5. The second-order valence-electron chi connectivity index (χ2n) is 8.31. The number of aryl methyl sites for hydroxylation is 1. The van der Waals surface area contributed by atoms with Crippen LogP contribution in [0.1, 0.15) is 45.4 Å². The highest BCUT2D eigenvalue weighted by Gasteiger charge is 2.30. The molecule has 3 heterocycles. The molecular weight excluding hydrogens is 488 g/mol. The van der Waals surface area contributed by atoms with Crippen molar-refractivity contribution in [2.45, 2.75) is 58.0 Å². The van der Waals surface area contributed by atoms with Crippen LogP contribution >= 0.6 is 0 Å². The van der Waals surface area contributed by atoms with E-state index >= 15 is 0 Å². The highest BCUT2D eigenvalue weighted by Crippen LogP contribution is 2.20. The van der Waals surface area contributed by atoms with Gasteiger partial charge in [-0.2, -0.15) is 9.97 Å².